The molecule has 0 aliphatic carbocycles. The summed E-state index contributed by atoms with van der Waals surface area (Å²) in [5.41, 5.74) is 0. The van der Waals surface area contributed by atoms with E-state index in [0.717, 1.165) is 19.5 Å². The monoisotopic (exact) mass is 338 g/mol. The summed E-state index contributed by atoms with van der Waals surface area (Å²) in [7, 11) is 0. The summed E-state index contributed by atoms with van der Waals surface area (Å²) in [5, 5.41) is 3.67. The number of hydrogen-bond donors (Lipinski definition) is 1. The first kappa shape index (κ1) is 18.1. The maximum absolute atomic E-state index is 12.0. The predicted octanol–water partition coefficient (Wildman–Crippen LogP) is 3.35. The lowest BCUT2D eigenvalue weighted by molar-refractivity contribution is -0.123. The van der Waals surface area contributed by atoms with Crippen LogP contribution in [-0.4, -0.2) is 43.1 Å². The van der Waals surface area contributed by atoms with E-state index in [0.29, 0.717) is 29.3 Å². The molecule has 0 bridgehead atoms. The number of ether oxygens (including phenoxy) is 1. The molecule has 2 rings (SSSR count). The molecule has 1 amide bonds. The normalized spacial score (nSPS) is 16.5. The van der Waals surface area contributed by atoms with Gasteiger partial charge in [-0.25, -0.2) is 0 Å². The lowest BCUT2D eigenvalue weighted by atomic mass is 10.0. The van der Waals surface area contributed by atoms with Gasteiger partial charge in [0, 0.05) is 17.6 Å². The summed E-state index contributed by atoms with van der Waals surface area (Å²) in [6, 6.07) is 7.46. The van der Waals surface area contributed by atoms with Gasteiger partial charge in [0.1, 0.15) is 5.75 Å². The van der Waals surface area contributed by atoms with E-state index in [2.05, 4.69) is 24.1 Å². The second-order valence-electron chi connectivity index (χ2n) is 6.57. The maximum atomic E-state index is 12.0. The standard InChI is InChI=1S/C18H27ClN2O2/c1-14(2)11-16(21-9-3-4-10-21)12-20-18(22)13-23-17-7-5-15(19)6-8-17/h5-8,14,16H,3-4,9-13H2,1-2H3,(H,20,22). The number of halogens is 1. The minimum atomic E-state index is -0.0760. The molecule has 1 aromatic rings. The van der Waals surface area contributed by atoms with Gasteiger partial charge in [-0.1, -0.05) is 25.4 Å². The van der Waals surface area contributed by atoms with E-state index in [1.54, 1.807) is 24.3 Å². The Balaban J connectivity index is 1.75. The minimum Gasteiger partial charge on any atom is -0.484 e. The third kappa shape index (κ3) is 6.40. The van der Waals surface area contributed by atoms with Crippen molar-refractivity contribution in [3.05, 3.63) is 29.3 Å². The molecular formula is C18H27ClN2O2. The first-order valence-corrected chi connectivity index (χ1v) is 8.81. The Morgan fingerprint density at radius 2 is 1.91 bits per heavy atom. The van der Waals surface area contributed by atoms with Crippen LogP contribution in [-0.2, 0) is 4.79 Å². The second kappa shape index (κ2) is 9.14. The zero-order valence-corrected chi connectivity index (χ0v) is 14.8. The average molecular weight is 339 g/mol. The number of benzene rings is 1. The van der Waals surface area contributed by atoms with E-state index in [9.17, 15) is 4.79 Å². The van der Waals surface area contributed by atoms with Gasteiger partial charge in [0.2, 0.25) is 0 Å². The molecule has 1 atom stereocenters. The van der Waals surface area contributed by atoms with Crippen LogP contribution in [0.25, 0.3) is 0 Å². The molecule has 1 fully saturated rings. The number of rotatable bonds is 8. The van der Waals surface area contributed by atoms with Gasteiger partial charge < -0.3 is 10.1 Å². The van der Waals surface area contributed by atoms with Gasteiger partial charge in [0.05, 0.1) is 0 Å². The molecule has 23 heavy (non-hydrogen) atoms. The molecule has 1 unspecified atom stereocenters. The number of likely N-dealkylation sites (tertiary alicyclic amines) is 1. The van der Waals surface area contributed by atoms with Crippen molar-refractivity contribution in [1.82, 2.24) is 10.2 Å². The molecule has 0 radical (unpaired) electrons. The van der Waals surface area contributed by atoms with Crippen molar-refractivity contribution in [2.45, 2.75) is 39.2 Å². The van der Waals surface area contributed by atoms with Gasteiger partial charge in [-0.15, -0.1) is 0 Å². The fourth-order valence-electron chi connectivity index (χ4n) is 2.97. The average Bonchev–Trinajstić information content (AvgIpc) is 3.05. The van der Waals surface area contributed by atoms with Crippen LogP contribution >= 0.6 is 11.6 Å². The molecule has 1 aromatic carbocycles. The van der Waals surface area contributed by atoms with Gasteiger partial charge >= 0.3 is 0 Å². The molecule has 1 N–H and O–H groups in total. The van der Waals surface area contributed by atoms with Gasteiger partial charge in [-0.3, -0.25) is 9.69 Å². The van der Waals surface area contributed by atoms with Crippen LogP contribution in [0.15, 0.2) is 24.3 Å². The van der Waals surface area contributed by atoms with Crippen LogP contribution < -0.4 is 10.1 Å². The number of carbonyl (C=O) groups excluding carboxylic acids is 1. The van der Waals surface area contributed by atoms with Gasteiger partial charge in [-0.2, -0.15) is 0 Å². The molecule has 0 aromatic heterocycles. The number of carbonyl (C=O) groups is 1. The smallest absolute Gasteiger partial charge is 0.257 e. The van der Waals surface area contributed by atoms with E-state index in [1.807, 2.05) is 0 Å². The van der Waals surface area contributed by atoms with Crippen LogP contribution in [0.3, 0.4) is 0 Å². The Kier molecular flexibility index (Phi) is 7.18. The van der Waals surface area contributed by atoms with Crippen molar-refractivity contribution < 1.29 is 9.53 Å². The highest BCUT2D eigenvalue weighted by atomic mass is 35.5. The van der Waals surface area contributed by atoms with Crippen molar-refractivity contribution in [2.75, 3.05) is 26.2 Å². The predicted molar refractivity (Wildman–Crippen MR) is 94.0 cm³/mol. The third-order valence-corrected chi connectivity index (χ3v) is 4.37. The van der Waals surface area contributed by atoms with Crippen molar-refractivity contribution in [2.24, 2.45) is 5.92 Å². The Hall–Kier alpha value is -1.26. The summed E-state index contributed by atoms with van der Waals surface area (Å²) in [6.45, 7) is 7.49. The molecule has 128 valence electrons. The Bertz CT molecular complexity index is 484. The highest BCUT2D eigenvalue weighted by Crippen LogP contribution is 2.17. The minimum absolute atomic E-state index is 0.0377. The zero-order valence-electron chi connectivity index (χ0n) is 14.1. The topological polar surface area (TPSA) is 41.6 Å². The second-order valence-corrected chi connectivity index (χ2v) is 7.01. The third-order valence-electron chi connectivity index (χ3n) is 4.12. The van der Waals surface area contributed by atoms with Gasteiger partial charge in [-0.05, 0) is 62.5 Å². The van der Waals surface area contributed by atoms with Gasteiger partial charge in [0.15, 0.2) is 6.61 Å². The summed E-state index contributed by atoms with van der Waals surface area (Å²) < 4.78 is 5.48. The fraction of sp³-hybridized carbons (Fsp3) is 0.611. The highest BCUT2D eigenvalue weighted by Gasteiger charge is 2.23. The van der Waals surface area contributed by atoms with Crippen LogP contribution in [0.1, 0.15) is 33.1 Å². The van der Waals surface area contributed by atoms with Crippen LogP contribution in [0.2, 0.25) is 5.02 Å². The number of hydrogen-bond acceptors (Lipinski definition) is 3. The van der Waals surface area contributed by atoms with E-state index >= 15 is 0 Å². The fourth-order valence-corrected chi connectivity index (χ4v) is 3.10. The van der Waals surface area contributed by atoms with E-state index in [1.165, 1.54) is 12.8 Å². The van der Waals surface area contributed by atoms with Crippen LogP contribution in [0, 0.1) is 5.92 Å². The van der Waals surface area contributed by atoms with Crippen molar-refractivity contribution >= 4 is 17.5 Å². The maximum Gasteiger partial charge on any atom is 0.257 e. The molecule has 0 saturated carbocycles. The Morgan fingerprint density at radius 3 is 2.52 bits per heavy atom. The number of amides is 1. The summed E-state index contributed by atoms with van der Waals surface area (Å²) in [5.74, 6) is 1.21. The van der Waals surface area contributed by atoms with Crippen molar-refractivity contribution in [1.29, 1.82) is 0 Å². The van der Waals surface area contributed by atoms with Crippen LogP contribution in [0.5, 0.6) is 5.75 Å². The summed E-state index contributed by atoms with van der Waals surface area (Å²) in [6.07, 6.45) is 3.64. The molecule has 1 aliphatic rings. The summed E-state index contributed by atoms with van der Waals surface area (Å²) >= 11 is 5.82. The first-order chi connectivity index (χ1) is 11.0. The summed E-state index contributed by atoms with van der Waals surface area (Å²) in [4.78, 5) is 14.5. The lowest BCUT2D eigenvalue weighted by Gasteiger charge is -2.29. The molecule has 1 saturated heterocycles. The van der Waals surface area contributed by atoms with E-state index in [-0.39, 0.29) is 12.5 Å². The molecule has 1 heterocycles. The molecule has 5 heteroatoms. The molecule has 0 spiro atoms. The van der Waals surface area contributed by atoms with Crippen LogP contribution in [0.4, 0.5) is 0 Å². The Morgan fingerprint density at radius 1 is 1.26 bits per heavy atom. The number of nitrogens with one attached hydrogen (secondary N) is 1. The Labute approximate surface area is 144 Å². The highest BCUT2D eigenvalue weighted by molar-refractivity contribution is 6.30. The zero-order chi connectivity index (χ0) is 16.7. The number of nitrogens with zero attached hydrogens (tertiary/aromatic N) is 1. The largest absolute Gasteiger partial charge is 0.484 e. The van der Waals surface area contributed by atoms with E-state index in [4.69, 9.17) is 16.3 Å². The molecule has 1 aliphatic heterocycles. The van der Waals surface area contributed by atoms with Gasteiger partial charge in [0.25, 0.3) is 5.91 Å². The SMILES string of the molecule is CC(C)CC(CNC(=O)COc1ccc(Cl)cc1)N1CCCC1. The van der Waals surface area contributed by atoms with Crippen molar-refractivity contribution in [3.63, 3.8) is 0 Å². The lowest BCUT2D eigenvalue weighted by Crippen LogP contribution is -2.44. The van der Waals surface area contributed by atoms with E-state index < -0.39 is 0 Å². The first-order valence-electron chi connectivity index (χ1n) is 8.43. The molecule has 4 nitrogen and oxygen atoms in total. The quantitative estimate of drug-likeness (QED) is 0.790. The van der Waals surface area contributed by atoms with Crippen molar-refractivity contribution in [3.8, 4) is 5.75 Å². The molecular weight excluding hydrogens is 312 g/mol.